The molecule has 2 nitrogen and oxygen atoms in total. The van der Waals surface area contributed by atoms with Gasteiger partial charge < -0.3 is 9.52 Å². The smallest absolute Gasteiger partial charge is 0.138 e. The molecule has 0 bridgehead atoms. The molecule has 102 valence electrons. The Morgan fingerprint density at radius 1 is 0.950 bits per heavy atom. The molecular weight excluding hydrogens is 319 g/mol. The van der Waals surface area contributed by atoms with Gasteiger partial charge >= 0.3 is 0 Å². The van der Waals surface area contributed by atoms with Crippen molar-refractivity contribution in [2.75, 3.05) is 0 Å². The highest BCUT2D eigenvalue weighted by Gasteiger charge is 2.20. The molecule has 0 spiro atoms. The molecule has 0 amide bonds. The van der Waals surface area contributed by atoms with Gasteiger partial charge in [-0.05, 0) is 18.2 Å². The second kappa shape index (κ2) is 5.30. The summed E-state index contributed by atoms with van der Waals surface area (Å²) in [6, 6.07) is 12.5. The van der Waals surface area contributed by atoms with Gasteiger partial charge in [0.05, 0.1) is 15.1 Å². The third-order valence-electron chi connectivity index (χ3n) is 3.07. The Balaban J connectivity index is 2.08. The molecule has 3 rings (SSSR count). The third kappa shape index (κ3) is 2.29. The van der Waals surface area contributed by atoms with Gasteiger partial charge in [0.15, 0.2) is 0 Å². The van der Waals surface area contributed by atoms with Crippen molar-refractivity contribution in [3.63, 3.8) is 0 Å². The summed E-state index contributed by atoms with van der Waals surface area (Å²) < 4.78 is 5.62. The largest absolute Gasteiger partial charge is 0.458 e. The molecule has 2 aromatic carbocycles. The number of aliphatic hydroxyl groups excluding tert-OH is 1. The molecule has 1 unspecified atom stereocenters. The Bertz CT molecular complexity index is 747. The molecule has 0 aliphatic heterocycles. The Kier molecular flexibility index (Phi) is 3.65. The van der Waals surface area contributed by atoms with Crippen LogP contribution in [-0.4, -0.2) is 5.11 Å². The van der Waals surface area contributed by atoms with Crippen LogP contribution in [0.15, 0.2) is 46.9 Å². The summed E-state index contributed by atoms with van der Waals surface area (Å²) >= 11 is 18.0. The minimum Gasteiger partial charge on any atom is -0.458 e. The number of aliphatic hydroxyl groups is 1. The molecule has 0 aliphatic carbocycles. The first kappa shape index (κ1) is 13.8. The van der Waals surface area contributed by atoms with Crippen LogP contribution in [-0.2, 0) is 0 Å². The summed E-state index contributed by atoms with van der Waals surface area (Å²) in [7, 11) is 0. The van der Waals surface area contributed by atoms with Crippen LogP contribution in [0.1, 0.15) is 17.4 Å². The predicted octanol–water partition coefficient (Wildman–Crippen LogP) is 5.47. The zero-order valence-corrected chi connectivity index (χ0v) is 12.4. The van der Waals surface area contributed by atoms with Crippen molar-refractivity contribution in [3.8, 4) is 0 Å². The predicted molar refractivity (Wildman–Crippen MR) is 81.7 cm³/mol. The molecule has 0 radical (unpaired) electrons. The van der Waals surface area contributed by atoms with Gasteiger partial charge in [-0.15, -0.1) is 0 Å². The lowest BCUT2D eigenvalue weighted by Gasteiger charge is -2.11. The van der Waals surface area contributed by atoms with Crippen molar-refractivity contribution in [2.24, 2.45) is 0 Å². The SMILES string of the molecule is OC(c1cc2ccccc2o1)c1ccc(Cl)c(Cl)c1Cl. The molecule has 1 atom stereocenters. The molecule has 3 aromatic rings. The minimum atomic E-state index is -0.996. The molecule has 20 heavy (non-hydrogen) atoms. The van der Waals surface area contributed by atoms with E-state index in [1.54, 1.807) is 18.2 Å². The van der Waals surface area contributed by atoms with Crippen molar-refractivity contribution in [3.05, 3.63) is 68.9 Å². The highest BCUT2D eigenvalue weighted by atomic mass is 35.5. The number of furan rings is 1. The lowest BCUT2D eigenvalue weighted by Crippen LogP contribution is -1.99. The first-order valence-electron chi connectivity index (χ1n) is 5.88. The van der Waals surface area contributed by atoms with Crippen molar-refractivity contribution >= 4 is 45.8 Å². The standard InChI is InChI=1S/C15H9Cl3O2/c16-10-6-5-9(13(17)14(10)18)15(19)12-7-8-3-1-2-4-11(8)20-12/h1-7,15,19H. The lowest BCUT2D eigenvalue weighted by atomic mass is 10.1. The van der Waals surface area contributed by atoms with Gasteiger partial charge in [0.25, 0.3) is 0 Å². The maximum Gasteiger partial charge on any atom is 0.138 e. The number of halogens is 3. The average Bonchev–Trinajstić information content (AvgIpc) is 2.88. The molecule has 1 aromatic heterocycles. The highest BCUT2D eigenvalue weighted by Crippen LogP contribution is 2.38. The second-order valence-corrected chi connectivity index (χ2v) is 5.52. The van der Waals surface area contributed by atoms with E-state index in [9.17, 15) is 5.11 Å². The summed E-state index contributed by atoms with van der Waals surface area (Å²) in [6.45, 7) is 0. The zero-order chi connectivity index (χ0) is 14.3. The second-order valence-electron chi connectivity index (χ2n) is 4.35. The summed E-state index contributed by atoms with van der Waals surface area (Å²) in [5, 5.41) is 12.1. The Hall–Kier alpha value is -1.19. The maximum absolute atomic E-state index is 10.4. The van der Waals surface area contributed by atoms with E-state index in [-0.39, 0.29) is 10.0 Å². The van der Waals surface area contributed by atoms with Gasteiger partial charge in [-0.3, -0.25) is 0 Å². The van der Waals surface area contributed by atoms with E-state index in [1.165, 1.54) is 0 Å². The number of hydrogen-bond acceptors (Lipinski definition) is 2. The number of fused-ring (bicyclic) bond motifs is 1. The maximum atomic E-state index is 10.4. The minimum absolute atomic E-state index is 0.223. The molecule has 1 heterocycles. The average molecular weight is 328 g/mol. The van der Waals surface area contributed by atoms with E-state index < -0.39 is 6.10 Å². The number of hydrogen-bond donors (Lipinski definition) is 1. The van der Waals surface area contributed by atoms with Crippen molar-refractivity contribution in [1.82, 2.24) is 0 Å². The van der Waals surface area contributed by atoms with E-state index in [2.05, 4.69) is 0 Å². The fourth-order valence-corrected chi connectivity index (χ4v) is 2.69. The van der Waals surface area contributed by atoms with Gasteiger partial charge in [-0.25, -0.2) is 0 Å². The first-order valence-corrected chi connectivity index (χ1v) is 7.01. The van der Waals surface area contributed by atoms with Crippen LogP contribution in [0, 0.1) is 0 Å². The quantitative estimate of drug-likeness (QED) is 0.633. The van der Waals surface area contributed by atoms with Crippen LogP contribution in [0.25, 0.3) is 11.0 Å². The fraction of sp³-hybridized carbons (Fsp3) is 0.0667. The molecular formula is C15H9Cl3O2. The number of rotatable bonds is 2. The first-order chi connectivity index (χ1) is 9.58. The number of para-hydroxylation sites is 1. The zero-order valence-electron chi connectivity index (χ0n) is 10.1. The summed E-state index contributed by atoms with van der Waals surface area (Å²) in [5.41, 5.74) is 1.16. The normalized spacial score (nSPS) is 12.8. The van der Waals surface area contributed by atoms with Gasteiger partial charge in [0.1, 0.15) is 17.4 Å². The van der Waals surface area contributed by atoms with Gasteiger partial charge in [0, 0.05) is 10.9 Å². The fourth-order valence-electron chi connectivity index (χ4n) is 2.04. The van der Waals surface area contributed by atoms with Crippen molar-refractivity contribution in [2.45, 2.75) is 6.10 Å². The van der Waals surface area contributed by atoms with Crippen LogP contribution in [0.3, 0.4) is 0 Å². The molecule has 5 heteroatoms. The Morgan fingerprint density at radius 2 is 1.70 bits per heavy atom. The van der Waals surface area contributed by atoms with Gasteiger partial charge in [-0.1, -0.05) is 59.1 Å². The van der Waals surface area contributed by atoms with Crippen LogP contribution in [0.2, 0.25) is 15.1 Å². The van der Waals surface area contributed by atoms with E-state index in [0.717, 1.165) is 5.39 Å². The molecule has 0 saturated heterocycles. The topological polar surface area (TPSA) is 33.4 Å². The van der Waals surface area contributed by atoms with Crippen molar-refractivity contribution in [1.29, 1.82) is 0 Å². The van der Waals surface area contributed by atoms with Crippen LogP contribution >= 0.6 is 34.8 Å². The number of benzene rings is 2. The van der Waals surface area contributed by atoms with E-state index in [4.69, 9.17) is 39.2 Å². The van der Waals surface area contributed by atoms with E-state index in [1.807, 2.05) is 24.3 Å². The Morgan fingerprint density at radius 3 is 2.45 bits per heavy atom. The van der Waals surface area contributed by atoms with Crippen LogP contribution in [0.5, 0.6) is 0 Å². The Labute approximate surface area is 130 Å². The van der Waals surface area contributed by atoms with Gasteiger partial charge in [0.2, 0.25) is 0 Å². The highest BCUT2D eigenvalue weighted by molar-refractivity contribution is 6.48. The summed E-state index contributed by atoms with van der Waals surface area (Å²) in [5.74, 6) is 0.409. The molecule has 0 fully saturated rings. The molecule has 1 N–H and O–H groups in total. The molecule has 0 aliphatic rings. The molecule has 0 saturated carbocycles. The van der Waals surface area contributed by atoms with E-state index in [0.29, 0.717) is 21.9 Å². The summed E-state index contributed by atoms with van der Waals surface area (Å²) in [4.78, 5) is 0. The third-order valence-corrected chi connectivity index (χ3v) is 4.38. The van der Waals surface area contributed by atoms with Gasteiger partial charge in [-0.2, -0.15) is 0 Å². The van der Waals surface area contributed by atoms with Crippen LogP contribution < -0.4 is 0 Å². The monoisotopic (exact) mass is 326 g/mol. The van der Waals surface area contributed by atoms with Crippen molar-refractivity contribution < 1.29 is 9.52 Å². The lowest BCUT2D eigenvalue weighted by molar-refractivity contribution is 0.192. The van der Waals surface area contributed by atoms with Crippen LogP contribution in [0.4, 0.5) is 0 Å². The summed E-state index contributed by atoms with van der Waals surface area (Å²) in [6.07, 6.45) is -0.996. The van der Waals surface area contributed by atoms with E-state index >= 15 is 0 Å².